The number of ether oxygens (including phenoxy) is 1. The normalized spacial score (nSPS) is 10.2. The van der Waals surface area contributed by atoms with E-state index in [-0.39, 0.29) is 18.4 Å². The van der Waals surface area contributed by atoms with E-state index in [0.717, 1.165) is 30.7 Å². The van der Waals surface area contributed by atoms with E-state index in [2.05, 4.69) is 22.9 Å². The number of hydrogen-bond donors (Lipinski definition) is 3. The van der Waals surface area contributed by atoms with Gasteiger partial charge in [-0.25, -0.2) is 0 Å². The fourth-order valence-electron chi connectivity index (χ4n) is 2.54. The van der Waals surface area contributed by atoms with E-state index >= 15 is 0 Å². The van der Waals surface area contributed by atoms with Crippen LogP contribution in [0.2, 0.25) is 0 Å². The second-order valence-corrected chi connectivity index (χ2v) is 6.51. The maximum absolute atomic E-state index is 12.2. The van der Waals surface area contributed by atoms with Crippen molar-refractivity contribution < 1.29 is 14.3 Å². The van der Waals surface area contributed by atoms with Gasteiger partial charge in [0.25, 0.3) is 0 Å². The van der Waals surface area contributed by atoms with Gasteiger partial charge < -0.3 is 20.7 Å². The number of anilines is 3. The molecule has 0 aliphatic heterocycles. The van der Waals surface area contributed by atoms with Gasteiger partial charge in [-0.1, -0.05) is 32.4 Å². The Labute approximate surface area is 166 Å². The van der Waals surface area contributed by atoms with Crippen molar-refractivity contribution in [2.24, 2.45) is 0 Å². The Balaban J connectivity index is 1.84. The molecule has 6 heteroatoms. The summed E-state index contributed by atoms with van der Waals surface area (Å²) in [6.07, 6.45) is 3.36. The van der Waals surface area contributed by atoms with Crippen molar-refractivity contribution in [3.05, 3.63) is 48.5 Å². The molecule has 0 fully saturated rings. The number of amides is 2. The van der Waals surface area contributed by atoms with Crippen LogP contribution in [0.1, 0.15) is 39.5 Å². The molecule has 0 radical (unpaired) electrons. The van der Waals surface area contributed by atoms with Crippen LogP contribution < -0.4 is 20.7 Å². The zero-order chi connectivity index (χ0) is 20.2. The Morgan fingerprint density at radius 1 is 0.857 bits per heavy atom. The van der Waals surface area contributed by atoms with Crippen LogP contribution in [0.5, 0.6) is 5.75 Å². The van der Waals surface area contributed by atoms with Gasteiger partial charge in [0.15, 0.2) is 0 Å². The van der Waals surface area contributed by atoms with E-state index < -0.39 is 0 Å². The highest BCUT2D eigenvalue weighted by Crippen LogP contribution is 2.18. The molecule has 2 amide bonds. The minimum Gasteiger partial charge on any atom is -0.494 e. The summed E-state index contributed by atoms with van der Waals surface area (Å²) in [5, 5.41) is 8.77. The minimum atomic E-state index is -0.161. The van der Waals surface area contributed by atoms with Crippen molar-refractivity contribution in [1.29, 1.82) is 0 Å². The van der Waals surface area contributed by atoms with Crippen molar-refractivity contribution in [2.45, 2.75) is 39.5 Å². The molecule has 0 heterocycles. The molecule has 150 valence electrons. The number of hydrogen-bond acceptors (Lipinski definition) is 4. The molecule has 2 aromatic carbocycles. The van der Waals surface area contributed by atoms with Gasteiger partial charge in [0.1, 0.15) is 5.75 Å². The summed E-state index contributed by atoms with van der Waals surface area (Å²) in [6.45, 7) is 4.86. The largest absolute Gasteiger partial charge is 0.494 e. The van der Waals surface area contributed by atoms with Crippen LogP contribution in [0, 0.1) is 0 Å². The molecule has 0 saturated heterocycles. The van der Waals surface area contributed by atoms with Gasteiger partial charge in [0.05, 0.1) is 13.2 Å². The topological polar surface area (TPSA) is 79.5 Å². The number of nitrogens with one attached hydrogen (secondary N) is 3. The zero-order valence-corrected chi connectivity index (χ0v) is 16.6. The summed E-state index contributed by atoms with van der Waals surface area (Å²) in [4.78, 5) is 23.9. The molecule has 0 spiro atoms. The molecule has 6 nitrogen and oxygen atoms in total. The van der Waals surface area contributed by atoms with Crippen molar-refractivity contribution in [1.82, 2.24) is 0 Å². The lowest BCUT2D eigenvalue weighted by Crippen LogP contribution is -2.21. The van der Waals surface area contributed by atoms with Crippen LogP contribution in [-0.2, 0) is 9.59 Å². The molecule has 0 aromatic heterocycles. The van der Waals surface area contributed by atoms with Gasteiger partial charge in [-0.3, -0.25) is 9.59 Å². The first-order chi connectivity index (χ1) is 13.6. The van der Waals surface area contributed by atoms with Crippen LogP contribution in [0.3, 0.4) is 0 Å². The maximum atomic E-state index is 12.2. The van der Waals surface area contributed by atoms with Gasteiger partial charge in [0, 0.05) is 29.5 Å². The van der Waals surface area contributed by atoms with Crippen molar-refractivity contribution >= 4 is 28.9 Å². The Bertz CT molecular complexity index is 777. The molecule has 28 heavy (non-hydrogen) atoms. The van der Waals surface area contributed by atoms with Crippen LogP contribution in [-0.4, -0.2) is 25.0 Å². The molecule has 0 aliphatic rings. The summed E-state index contributed by atoms with van der Waals surface area (Å²) in [7, 11) is 0. The molecule has 0 atom stereocenters. The quantitative estimate of drug-likeness (QED) is 0.493. The van der Waals surface area contributed by atoms with E-state index in [1.165, 1.54) is 0 Å². The van der Waals surface area contributed by atoms with Gasteiger partial charge in [-0.05, 0) is 43.2 Å². The third-order valence-corrected chi connectivity index (χ3v) is 3.96. The lowest BCUT2D eigenvalue weighted by molar-refractivity contribution is -0.116. The predicted octanol–water partition coefficient (Wildman–Crippen LogP) is 4.65. The van der Waals surface area contributed by atoms with Gasteiger partial charge in [-0.15, -0.1) is 0 Å². The highest BCUT2D eigenvalue weighted by atomic mass is 16.5. The SMILES string of the molecule is CCCCOc1cccc(NC(=O)CNc2cccc(NC(=O)CCC)c2)c1. The number of benzene rings is 2. The van der Waals surface area contributed by atoms with E-state index in [4.69, 9.17) is 4.74 Å². The van der Waals surface area contributed by atoms with E-state index in [0.29, 0.717) is 24.4 Å². The summed E-state index contributed by atoms with van der Waals surface area (Å²) in [6, 6.07) is 14.7. The standard InChI is InChI=1S/C22H29N3O3/c1-3-5-13-28-20-12-7-11-19(15-20)25-22(27)16-23-17-9-6-10-18(14-17)24-21(26)8-4-2/h6-7,9-12,14-15,23H,3-5,8,13,16H2,1-2H3,(H,24,26)(H,25,27). The Hall–Kier alpha value is -3.02. The van der Waals surface area contributed by atoms with Gasteiger partial charge >= 0.3 is 0 Å². The smallest absolute Gasteiger partial charge is 0.243 e. The molecule has 0 bridgehead atoms. The lowest BCUT2D eigenvalue weighted by atomic mass is 10.2. The highest BCUT2D eigenvalue weighted by molar-refractivity contribution is 5.94. The molecular formula is C22H29N3O3. The van der Waals surface area contributed by atoms with E-state index in [1.54, 1.807) is 0 Å². The number of carbonyl (C=O) groups excluding carboxylic acids is 2. The number of carbonyl (C=O) groups is 2. The molecule has 3 N–H and O–H groups in total. The van der Waals surface area contributed by atoms with E-state index in [1.807, 2.05) is 55.5 Å². The van der Waals surface area contributed by atoms with Crippen LogP contribution in [0.4, 0.5) is 17.1 Å². The van der Waals surface area contributed by atoms with E-state index in [9.17, 15) is 9.59 Å². The van der Waals surface area contributed by atoms with Gasteiger partial charge in [-0.2, -0.15) is 0 Å². The second kappa shape index (κ2) is 11.6. The minimum absolute atomic E-state index is 0.0153. The molecule has 0 saturated carbocycles. The Kier molecular flexibility index (Phi) is 8.85. The van der Waals surface area contributed by atoms with Crippen LogP contribution in [0.15, 0.2) is 48.5 Å². The molecule has 2 rings (SSSR count). The number of rotatable bonds is 11. The average molecular weight is 383 g/mol. The zero-order valence-electron chi connectivity index (χ0n) is 16.6. The summed E-state index contributed by atoms with van der Waals surface area (Å²) in [5.74, 6) is 0.569. The molecule has 2 aromatic rings. The van der Waals surface area contributed by atoms with Crippen molar-refractivity contribution in [3.8, 4) is 5.75 Å². The molecular weight excluding hydrogens is 354 g/mol. The fourth-order valence-corrected chi connectivity index (χ4v) is 2.54. The first-order valence-corrected chi connectivity index (χ1v) is 9.77. The van der Waals surface area contributed by atoms with Crippen molar-refractivity contribution in [3.63, 3.8) is 0 Å². The van der Waals surface area contributed by atoms with Crippen LogP contribution >= 0.6 is 0 Å². The summed E-state index contributed by atoms with van der Waals surface area (Å²) < 4.78 is 5.66. The first-order valence-electron chi connectivity index (χ1n) is 9.77. The van der Waals surface area contributed by atoms with Crippen LogP contribution in [0.25, 0.3) is 0 Å². The predicted molar refractivity (Wildman–Crippen MR) is 114 cm³/mol. The third-order valence-electron chi connectivity index (χ3n) is 3.96. The summed E-state index contributed by atoms with van der Waals surface area (Å²) >= 11 is 0. The monoisotopic (exact) mass is 383 g/mol. The number of unbranched alkanes of at least 4 members (excludes halogenated alkanes) is 1. The molecule has 0 unspecified atom stereocenters. The second-order valence-electron chi connectivity index (χ2n) is 6.51. The molecule has 0 aliphatic carbocycles. The lowest BCUT2D eigenvalue weighted by Gasteiger charge is -2.11. The summed E-state index contributed by atoms with van der Waals surface area (Å²) in [5.41, 5.74) is 2.17. The fraction of sp³-hybridized carbons (Fsp3) is 0.364. The maximum Gasteiger partial charge on any atom is 0.243 e. The average Bonchev–Trinajstić information content (AvgIpc) is 2.67. The first kappa shape index (κ1) is 21.3. The van der Waals surface area contributed by atoms with Crippen molar-refractivity contribution in [2.75, 3.05) is 29.1 Å². The highest BCUT2D eigenvalue weighted by Gasteiger charge is 2.05. The Morgan fingerprint density at radius 2 is 1.54 bits per heavy atom. The van der Waals surface area contributed by atoms with Gasteiger partial charge in [0.2, 0.25) is 11.8 Å². The Morgan fingerprint density at radius 3 is 2.29 bits per heavy atom. The third kappa shape index (κ3) is 7.70.